The molecule has 1 aromatic carbocycles. The van der Waals surface area contributed by atoms with E-state index in [-0.39, 0.29) is 19.0 Å². The highest BCUT2D eigenvalue weighted by molar-refractivity contribution is 6.30. The Kier molecular flexibility index (Phi) is 5.00. The molecule has 0 saturated carbocycles. The number of hydrogen-bond acceptors (Lipinski definition) is 4. The van der Waals surface area contributed by atoms with Crippen molar-refractivity contribution in [2.75, 3.05) is 13.2 Å². The largest absolute Gasteiger partial charge is 0.482 e. The molecule has 0 spiro atoms. The van der Waals surface area contributed by atoms with Gasteiger partial charge in [-0.2, -0.15) is 0 Å². The summed E-state index contributed by atoms with van der Waals surface area (Å²) in [6.45, 7) is 1.24. The van der Waals surface area contributed by atoms with Crippen LogP contribution in [0.3, 0.4) is 0 Å². The minimum atomic E-state index is -0.607. The summed E-state index contributed by atoms with van der Waals surface area (Å²) in [6.07, 6.45) is 1.63. The summed E-state index contributed by atoms with van der Waals surface area (Å²) in [5.74, 6) is -0.354. The molecule has 0 fully saturated rings. The van der Waals surface area contributed by atoms with Crippen LogP contribution in [-0.2, 0) is 9.53 Å². The number of rotatable bonds is 6. The van der Waals surface area contributed by atoms with Crippen LogP contribution in [0.2, 0.25) is 5.02 Å². The number of nitrogens with one attached hydrogen (secondary N) is 1. The topological polar surface area (TPSA) is 68.4 Å². The van der Waals surface area contributed by atoms with Crippen molar-refractivity contribution >= 4 is 23.4 Å². The number of aryl methyl sites for hydroxylation is 1. The Hall–Kier alpha value is -2.27. The third kappa shape index (κ3) is 4.36. The lowest BCUT2D eigenvalue weighted by atomic mass is 10.2. The molecule has 0 aliphatic rings. The van der Waals surface area contributed by atoms with Crippen LogP contribution in [-0.4, -0.2) is 30.0 Å². The standard InChI is InChI=1S/C15H14ClNO4/c1-10-7-11(16)4-5-14(10)20-9-15(19)21-8-13(18)12-3-2-6-17-12/h2-7,17H,8-9H2,1H3. The zero-order valence-electron chi connectivity index (χ0n) is 11.4. The Morgan fingerprint density at radius 3 is 2.71 bits per heavy atom. The van der Waals surface area contributed by atoms with E-state index >= 15 is 0 Å². The van der Waals surface area contributed by atoms with Gasteiger partial charge in [-0.25, -0.2) is 4.79 Å². The zero-order valence-corrected chi connectivity index (χ0v) is 12.1. The van der Waals surface area contributed by atoms with E-state index in [1.807, 2.05) is 6.92 Å². The van der Waals surface area contributed by atoms with Gasteiger partial charge in [0.1, 0.15) is 5.75 Å². The molecule has 0 atom stereocenters. The van der Waals surface area contributed by atoms with Crippen LogP contribution in [0.25, 0.3) is 0 Å². The number of aromatic nitrogens is 1. The highest BCUT2D eigenvalue weighted by Crippen LogP contribution is 2.21. The second kappa shape index (κ2) is 6.95. The predicted molar refractivity (Wildman–Crippen MR) is 77.8 cm³/mol. The van der Waals surface area contributed by atoms with Crippen LogP contribution < -0.4 is 4.74 Å². The fraction of sp³-hybridized carbons (Fsp3) is 0.200. The van der Waals surface area contributed by atoms with Gasteiger partial charge >= 0.3 is 5.97 Å². The average Bonchev–Trinajstić information content (AvgIpc) is 2.98. The first-order chi connectivity index (χ1) is 10.1. The number of benzene rings is 1. The highest BCUT2D eigenvalue weighted by atomic mass is 35.5. The van der Waals surface area contributed by atoms with E-state index in [4.69, 9.17) is 21.1 Å². The normalized spacial score (nSPS) is 10.2. The molecule has 5 nitrogen and oxygen atoms in total. The molecular formula is C15H14ClNO4. The van der Waals surface area contributed by atoms with E-state index < -0.39 is 5.97 Å². The van der Waals surface area contributed by atoms with Gasteiger partial charge in [0.15, 0.2) is 13.2 Å². The lowest BCUT2D eigenvalue weighted by molar-refractivity contribution is -0.144. The average molecular weight is 308 g/mol. The summed E-state index contributed by atoms with van der Waals surface area (Å²) in [5, 5.41) is 0.596. The number of Topliss-reactive ketones (excluding diaryl/α,β-unsaturated/α-hetero) is 1. The van der Waals surface area contributed by atoms with Crippen molar-refractivity contribution in [3.8, 4) is 5.75 Å². The first kappa shape index (κ1) is 15.1. The predicted octanol–water partition coefficient (Wildman–Crippen LogP) is 2.78. The molecule has 0 radical (unpaired) electrons. The number of carbonyl (C=O) groups is 2. The first-order valence-electron chi connectivity index (χ1n) is 6.27. The number of carbonyl (C=O) groups excluding carboxylic acids is 2. The van der Waals surface area contributed by atoms with Gasteiger partial charge in [-0.15, -0.1) is 0 Å². The molecule has 1 heterocycles. The smallest absolute Gasteiger partial charge is 0.344 e. The molecule has 0 aliphatic carbocycles. The Labute approximate surface area is 126 Å². The van der Waals surface area contributed by atoms with E-state index in [1.165, 1.54) is 0 Å². The van der Waals surface area contributed by atoms with Crippen molar-refractivity contribution in [3.05, 3.63) is 52.8 Å². The summed E-state index contributed by atoms with van der Waals surface area (Å²) in [4.78, 5) is 25.9. The molecule has 1 aromatic heterocycles. The monoisotopic (exact) mass is 307 g/mol. The summed E-state index contributed by atoms with van der Waals surface area (Å²) in [6, 6.07) is 8.39. The first-order valence-corrected chi connectivity index (χ1v) is 6.65. The Bertz CT molecular complexity index is 637. The minimum absolute atomic E-state index is 0.263. The molecule has 0 unspecified atom stereocenters. The summed E-state index contributed by atoms with van der Waals surface area (Å²) in [5.41, 5.74) is 1.22. The van der Waals surface area contributed by atoms with Gasteiger partial charge < -0.3 is 14.5 Å². The lowest BCUT2D eigenvalue weighted by Crippen LogP contribution is -2.19. The minimum Gasteiger partial charge on any atom is -0.482 e. The number of esters is 1. The molecule has 21 heavy (non-hydrogen) atoms. The molecular weight excluding hydrogens is 294 g/mol. The summed E-state index contributed by atoms with van der Waals surface area (Å²) in [7, 11) is 0. The van der Waals surface area contributed by atoms with Gasteiger partial charge in [-0.3, -0.25) is 4.79 Å². The van der Waals surface area contributed by atoms with Crippen LogP contribution in [0.4, 0.5) is 0 Å². The Morgan fingerprint density at radius 1 is 1.24 bits per heavy atom. The van der Waals surface area contributed by atoms with Crippen LogP contribution in [0, 0.1) is 6.92 Å². The highest BCUT2D eigenvalue weighted by Gasteiger charge is 2.11. The number of halogens is 1. The number of H-pyrrole nitrogens is 1. The zero-order chi connectivity index (χ0) is 15.2. The van der Waals surface area contributed by atoms with E-state index in [2.05, 4.69) is 4.98 Å². The van der Waals surface area contributed by atoms with Crippen molar-refractivity contribution in [1.29, 1.82) is 0 Å². The van der Waals surface area contributed by atoms with Gasteiger partial charge in [0.2, 0.25) is 5.78 Å². The number of ether oxygens (including phenoxy) is 2. The fourth-order valence-electron chi connectivity index (χ4n) is 1.68. The third-order valence-electron chi connectivity index (χ3n) is 2.75. The second-order valence-corrected chi connectivity index (χ2v) is 4.80. The fourth-order valence-corrected chi connectivity index (χ4v) is 1.91. The number of hydrogen-bond donors (Lipinski definition) is 1. The molecule has 110 valence electrons. The number of ketones is 1. The maximum atomic E-state index is 11.6. The molecule has 2 rings (SSSR count). The van der Waals surface area contributed by atoms with Crippen LogP contribution in [0.5, 0.6) is 5.75 Å². The molecule has 0 bridgehead atoms. The van der Waals surface area contributed by atoms with Crippen molar-refractivity contribution < 1.29 is 19.1 Å². The van der Waals surface area contributed by atoms with Crippen LogP contribution in [0.15, 0.2) is 36.5 Å². The molecule has 6 heteroatoms. The maximum Gasteiger partial charge on any atom is 0.344 e. The molecule has 0 amide bonds. The molecule has 2 aromatic rings. The van der Waals surface area contributed by atoms with E-state index in [0.717, 1.165) is 5.56 Å². The molecule has 0 saturated heterocycles. The van der Waals surface area contributed by atoms with Crippen molar-refractivity contribution in [3.63, 3.8) is 0 Å². The summed E-state index contributed by atoms with van der Waals surface area (Å²) < 4.78 is 10.2. The molecule has 0 aliphatic heterocycles. The van der Waals surface area contributed by atoms with Gasteiger partial charge in [-0.1, -0.05) is 11.6 Å². The second-order valence-electron chi connectivity index (χ2n) is 4.37. The van der Waals surface area contributed by atoms with Gasteiger partial charge in [0, 0.05) is 11.2 Å². The van der Waals surface area contributed by atoms with Crippen molar-refractivity contribution in [2.24, 2.45) is 0 Å². The van der Waals surface area contributed by atoms with Crippen LogP contribution in [0.1, 0.15) is 16.1 Å². The van der Waals surface area contributed by atoms with E-state index in [1.54, 1.807) is 36.5 Å². The Balaban J connectivity index is 1.78. The maximum absolute atomic E-state index is 11.6. The Morgan fingerprint density at radius 2 is 2.05 bits per heavy atom. The quantitative estimate of drug-likeness (QED) is 0.658. The number of aromatic amines is 1. The third-order valence-corrected chi connectivity index (χ3v) is 2.98. The van der Waals surface area contributed by atoms with Crippen molar-refractivity contribution in [2.45, 2.75) is 6.92 Å². The molecule has 1 N–H and O–H groups in total. The van der Waals surface area contributed by atoms with Gasteiger partial charge in [-0.05, 0) is 42.8 Å². The summed E-state index contributed by atoms with van der Waals surface area (Å²) >= 11 is 5.83. The van der Waals surface area contributed by atoms with E-state index in [0.29, 0.717) is 16.5 Å². The van der Waals surface area contributed by atoms with Crippen LogP contribution >= 0.6 is 11.6 Å². The van der Waals surface area contributed by atoms with Crippen molar-refractivity contribution in [1.82, 2.24) is 4.98 Å². The SMILES string of the molecule is Cc1cc(Cl)ccc1OCC(=O)OCC(=O)c1ccc[nH]1. The van der Waals surface area contributed by atoms with E-state index in [9.17, 15) is 9.59 Å². The van der Waals surface area contributed by atoms with Gasteiger partial charge in [0.05, 0.1) is 5.69 Å². The van der Waals surface area contributed by atoms with Gasteiger partial charge in [0.25, 0.3) is 0 Å². The lowest BCUT2D eigenvalue weighted by Gasteiger charge is -2.09.